The number of benzene rings is 1. The first-order valence-electron chi connectivity index (χ1n) is 6.12. The molecule has 1 aliphatic heterocycles. The number of nitrogens with zero attached hydrogens (tertiary/aromatic N) is 1. The first kappa shape index (κ1) is 11.9. The van der Waals surface area contributed by atoms with Crippen LogP contribution in [-0.4, -0.2) is 18.0 Å². The van der Waals surface area contributed by atoms with Crippen LogP contribution >= 0.6 is 11.6 Å². The maximum Gasteiger partial charge on any atom is 0.0409 e. The maximum atomic E-state index is 6.07. The lowest BCUT2D eigenvalue weighted by atomic mass is 9.90. The Morgan fingerprint density at radius 3 is 2.44 bits per heavy atom. The van der Waals surface area contributed by atoms with Crippen LogP contribution in [0.15, 0.2) is 24.3 Å². The van der Waals surface area contributed by atoms with Crippen LogP contribution < -0.4 is 0 Å². The monoisotopic (exact) mass is 237 g/mol. The summed E-state index contributed by atoms with van der Waals surface area (Å²) in [7, 11) is 0. The zero-order valence-electron chi connectivity index (χ0n) is 10.2. The molecule has 1 nitrogen and oxygen atoms in total. The Bertz CT molecular complexity index is 354. The Morgan fingerprint density at radius 1 is 1.12 bits per heavy atom. The first-order valence-corrected chi connectivity index (χ1v) is 6.49. The van der Waals surface area contributed by atoms with Crippen molar-refractivity contribution >= 4 is 11.6 Å². The van der Waals surface area contributed by atoms with Gasteiger partial charge in [0.25, 0.3) is 0 Å². The Morgan fingerprint density at radius 2 is 1.81 bits per heavy atom. The van der Waals surface area contributed by atoms with Crippen LogP contribution in [0.5, 0.6) is 0 Å². The van der Waals surface area contributed by atoms with Crippen LogP contribution in [0.2, 0.25) is 5.02 Å². The van der Waals surface area contributed by atoms with E-state index in [-0.39, 0.29) is 5.54 Å². The molecule has 2 heteroatoms. The number of hydrogen-bond donors (Lipinski definition) is 0. The lowest BCUT2D eigenvalue weighted by Crippen LogP contribution is -2.44. The fourth-order valence-electron chi connectivity index (χ4n) is 2.50. The molecule has 1 heterocycles. The predicted molar refractivity (Wildman–Crippen MR) is 69.9 cm³/mol. The van der Waals surface area contributed by atoms with Gasteiger partial charge in [0.15, 0.2) is 0 Å². The summed E-state index contributed by atoms with van der Waals surface area (Å²) in [5, 5.41) is 0.836. The SMILES string of the molecule is CC(C)(c1cccc(Cl)c1)N1CCCCC1. The summed E-state index contributed by atoms with van der Waals surface area (Å²) >= 11 is 6.07. The van der Waals surface area contributed by atoms with Crippen LogP contribution in [-0.2, 0) is 5.54 Å². The molecule has 0 N–H and O–H groups in total. The molecule has 0 bridgehead atoms. The van der Waals surface area contributed by atoms with E-state index in [1.807, 2.05) is 12.1 Å². The summed E-state index contributed by atoms with van der Waals surface area (Å²) in [5.74, 6) is 0. The first-order chi connectivity index (χ1) is 7.60. The van der Waals surface area contributed by atoms with Gasteiger partial charge in [0.1, 0.15) is 0 Å². The van der Waals surface area contributed by atoms with Gasteiger partial charge in [0.2, 0.25) is 0 Å². The van der Waals surface area contributed by atoms with Crippen molar-refractivity contribution in [1.29, 1.82) is 0 Å². The molecular formula is C14H20ClN. The summed E-state index contributed by atoms with van der Waals surface area (Å²) in [6.45, 7) is 7.01. The van der Waals surface area contributed by atoms with Gasteiger partial charge in [0.05, 0.1) is 0 Å². The summed E-state index contributed by atoms with van der Waals surface area (Å²) in [4.78, 5) is 2.57. The normalized spacial score (nSPS) is 18.7. The van der Waals surface area contributed by atoms with Crippen molar-refractivity contribution in [3.8, 4) is 0 Å². The number of halogens is 1. The van der Waals surface area contributed by atoms with Gasteiger partial charge < -0.3 is 0 Å². The third-order valence-corrected chi connectivity index (χ3v) is 3.91. The molecule has 0 saturated carbocycles. The molecule has 1 fully saturated rings. The van der Waals surface area contributed by atoms with E-state index in [0.29, 0.717) is 0 Å². The average Bonchev–Trinajstić information content (AvgIpc) is 2.30. The molecule has 0 spiro atoms. The van der Waals surface area contributed by atoms with Crippen LogP contribution in [0.25, 0.3) is 0 Å². The van der Waals surface area contributed by atoms with Gasteiger partial charge in [-0.3, -0.25) is 4.90 Å². The fourth-order valence-corrected chi connectivity index (χ4v) is 2.69. The van der Waals surface area contributed by atoms with Crippen LogP contribution in [0.3, 0.4) is 0 Å². The van der Waals surface area contributed by atoms with Crippen LogP contribution in [0, 0.1) is 0 Å². The second-order valence-electron chi connectivity index (χ2n) is 5.12. The standard InChI is InChI=1S/C14H20ClN/c1-14(2,16-9-4-3-5-10-16)12-7-6-8-13(15)11-12/h6-8,11H,3-5,9-10H2,1-2H3. The van der Waals surface area contributed by atoms with Gasteiger partial charge in [0, 0.05) is 10.6 Å². The van der Waals surface area contributed by atoms with E-state index in [1.54, 1.807) is 0 Å². The predicted octanol–water partition coefficient (Wildman–Crippen LogP) is 4.06. The van der Waals surface area contributed by atoms with Gasteiger partial charge in [-0.15, -0.1) is 0 Å². The Kier molecular flexibility index (Phi) is 3.56. The maximum absolute atomic E-state index is 6.07. The molecule has 0 aromatic heterocycles. The molecule has 16 heavy (non-hydrogen) atoms. The minimum absolute atomic E-state index is 0.103. The second kappa shape index (κ2) is 4.77. The van der Waals surface area contributed by atoms with Gasteiger partial charge >= 0.3 is 0 Å². The number of piperidine rings is 1. The van der Waals surface area contributed by atoms with Crippen LogP contribution in [0.1, 0.15) is 38.7 Å². The zero-order valence-corrected chi connectivity index (χ0v) is 10.9. The summed E-state index contributed by atoms with van der Waals surface area (Å²) in [6.07, 6.45) is 4.02. The minimum atomic E-state index is 0.103. The lowest BCUT2D eigenvalue weighted by Gasteiger charge is -2.41. The number of likely N-dealkylation sites (tertiary alicyclic amines) is 1. The third-order valence-electron chi connectivity index (χ3n) is 3.68. The molecule has 1 aliphatic rings. The number of hydrogen-bond acceptors (Lipinski definition) is 1. The molecule has 2 rings (SSSR count). The molecule has 0 unspecified atom stereocenters. The Balaban J connectivity index is 2.22. The second-order valence-corrected chi connectivity index (χ2v) is 5.55. The molecular weight excluding hydrogens is 218 g/mol. The molecule has 0 aliphatic carbocycles. The Labute approximate surface area is 103 Å². The van der Waals surface area contributed by atoms with E-state index in [0.717, 1.165) is 5.02 Å². The molecule has 1 saturated heterocycles. The molecule has 1 aromatic carbocycles. The largest absolute Gasteiger partial charge is 0.294 e. The van der Waals surface area contributed by atoms with Crippen LogP contribution in [0.4, 0.5) is 0 Å². The van der Waals surface area contributed by atoms with E-state index < -0.39 is 0 Å². The van der Waals surface area contributed by atoms with Gasteiger partial charge in [-0.1, -0.05) is 30.2 Å². The summed E-state index contributed by atoms with van der Waals surface area (Å²) < 4.78 is 0. The highest BCUT2D eigenvalue weighted by atomic mass is 35.5. The third kappa shape index (κ3) is 2.41. The van der Waals surface area contributed by atoms with E-state index in [4.69, 9.17) is 11.6 Å². The zero-order chi connectivity index (χ0) is 11.6. The van der Waals surface area contributed by atoms with Crippen molar-refractivity contribution in [2.24, 2.45) is 0 Å². The van der Waals surface area contributed by atoms with E-state index in [1.165, 1.54) is 37.9 Å². The highest BCUT2D eigenvalue weighted by molar-refractivity contribution is 6.30. The van der Waals surface area contributed by atoms with Crippen molar-refractivity contribution in [3.63, 3.8) is 0 Å². The van der Waals surface area contributed by atoms with Crippen molar-refractivity contribution in [1.82, 2.24) is 4.90 Å². The molecule has 1 aromatic rings. The average molecular weight is 238 g/mol. The van der Waals surface area contributed by atoms with E-state index in [9.17, 15) is 0 Å². The highest BCUT2D eigenvalue weighted by Gasteiger charge is 2.29. The van der Waals surface area contributed by atoms with Gasteiger partial charge in [-0.25, -0.2) is 0 Å². The fraction of sp³-hybridized carbons (Fsp3) is 0.571. The van der Waals surface area contributed by atoms with Crippen molar-refractivity contribution in [2.45, 2.75) is 38.6 Å². The quantitative estimate of drug-likeness (QED) is 0.750. The topological polar surface area (TPSA) is 3.24 Å². The minimum Gasteiger partial charge on any atom is -0.294 e. The Hall–Kier alpha value is -0.530. The molecule has 88 valence electrons. The lowest BCUT2D eigenvalue weighted by molar-refractivity contribution is 0.0943. The van der Waals surface area contributed by atoms with Gasteiger partial charge in [-0.2, -0.15) is 0 Å². The van der Waals surface area contributed by atoms with E-state index in [2.05, 4.69) is 30.9 Å². The molecule has 0 radical (unpaired) electrons. The number of rotatable bonds is 2. The van der Waals surface area contributed by atoms with Crippen molar-refractivity contribution < 1.29 is 0 Å². The van der Waals surface area contributed by atoms with Crippen molar-refractivity contribution in [3.05, 3.63) is 34.9 Å². The smallest absolute Gasteiger partial charge is 0.0409 e. The summed E-state index contributed by atoms with van der Waals surface area (Å²) in [6, 6.07) is 8.26. The van der Waals surface area contributed by atoms with Crippen molar-refractivity contribution in [2.75, 3.05) is 13.1 Å². The molecule has 0 amide bonds. The van der Waals surface area contributed by atoms with E-state index >= 15 is 0 Å². The summed E-state index contributed by atoms with van der Waals surface area (Å²) in [5.41, 5.74) is 1.42. The molecule has 0 atom stereocenters. The van der Waals surface area contributed by atoms with Gasteiger partial charge in [-0.05, 0) is 57.5 Å². The highest BCUT2D eigenvalue weighted by Crippen LogP contribution is 2.31.